The number of fused-ring (bicyclic) bond motifs is 3. The van der Waals surface area contributed by atoms with Gasteiger partial charge in [-0.3, -0.25) is 9.59 Å². The summed E-state index contributed by atoms with van der Waals surface area (Å²) in [7, 11) is 2.55. The average Bonchev–Trinajstić information content (AvgIpc) is 4.06. The van der Waals surface area contributed by atoms with Crippen molar-refractivity contribution in [3.8, 4) is 33.6 Å². The van der Waals surface area contributed by atoms with Gasteiger partial charge in [0.2, 0.25) is 11.8 Å². The van der Waals surface area contributed by atoms with E-state index in [0.717, 1.165) is 88.2 Å². The second-order valence-electron chi connectivity index (χ2n) is 14.1. The Bertz CT molecular complexity index is 2210. The molecule has 2 aliphatic heterocycles. The number of H-pyrrole nitrogens is 2. The second-order valence-corrected chi connectivity index (χ2v) is 14.1. The molecule has 1 saturated carbocycles. The van der Waals surface area contributed by atoms with Gasteiger partial charge in [0.05, 0.1) is 50.1 Å². The van der Waals surface area contributed by atoms with Crippen molar-refractivity contribution in [2.75, 3.05) is 33.9 Å². The zero-order valence-corrected chi connectivity index (χ0v) is 30.1. The summed E-state index contributed by atoms with van der Waals surface area (Å²) in [6.07, 6.45) is 6.99. The van der Waals surface area contributed by atoms with E-state index in [-0.39, 0.29) is 43.0 Å². The standard InChI is InChI=1S/C40H42N8O6/c1-53-39(51)43-21-34(49)47-15-3-4-33(47)37-41-20-32(45-37)28-12-11-26-16-25(9-10-27(26)17-28)23-5-7-24(8-6-23)31-19-42-38(46-31)36-29-13-14-30(18-29)48(36)35(50)22-44-40(52)54-2/h5-12,16-17,19-20,29-30,33,36H,3-4,13-15,18,21-22H2,1-2H3,(H,41,45)(H,42,46)(H,43,51)(H,44,52)/t29-,30?,33-,36-/m0/s1. The lowest BCUT2D eigenvalue weighted by molar-refractivity contribution is -0.135. The fourth-order valence-corrected chi connectivity index (χ4v) is 8.40. The van der Waals surface area contributed by atoms with Gasteiger partial charge in [0.25, 0.3) is 0 Å². The van der Waals surface area contributed by atoms with Crippen LogP contribution in [0.2, 0.25) is 0 Å². The number of rotatable bonds is 9. The summed E-state index contributed by atoms with van der Waals surface area (Å²) in [5.41, 5.74) is 5.93. The molecule has 1 unspecified atom stereocenters. The largest absolute Gasteiger partial charge is 0.453 e. The highest BCUT2D eigenvalue weighted by atomic mass is 16.5. The maximum absolute atomic E-state index is 13.2. The first-order chi connectivity index (χ1) is 26.3. The number of benzene rings is 3. The van der Waals surface area contributed by atoms with Gasteiger partial charge in [0.15, 0.2) is 0 Å². The fourth-order valence-electron chi connectivity index (χ4n) is 8.40. The first kappa shape index (κ1) is 34.9. The van der Waals surface area contributed by atoms with Gasteiger partial charge in [-0.25, -0.2) is 19.6 Å². The Hall–Kier alpha value is -6.18. The summed E-state index contributed by atoms with van der Waals surface area (Å²) >= 11 is 0. The Labute approximate surface area is 311 Å². The number of ether oxygens (including phenoxy) is 2. The van der Waals surface area contributed by atoms with E-state index in [1.807, 2.05) is 11.1 Å². The summed E-state index contributed by atoms with van der Waals surface area (Å²) in [5, 5.41) is 7.19. The predicted molar refractivity (Wildman–Crippen MR) is 200 cm³/mol. The number of aromatic nitrogens is 4. The number of hydrogen-bond donors (Lipinski definition) is 4. The van der Waals surface area contributed by atoms with E-state index in [2.05, 4.69) is 95.7 Å². The molecule has 0 radical (unpaired) electrons. The van der Waals surface area contributed by atoms with Gasteiger partial charge in [-0.15, -0.1) is 0 Å². The molecule has 2 aromatic heterocycles. The molecular formula is C40H42N8O6. The summed E-state index contributed by atoms with van der Waals surface area (Å²) in [6, 6.07) is 20.9. The van der Waals surface area contributed by atoms with Gasteiger partial charge in [-0.1, -0.05) is 48.5 Å². The van der Waals surface area contributed by atoms with Crippen LogP contribution in [0, 0.1) is 5.92 Å². The van der Waals surface area contributed by atoms with Gasteiger partial charge in [0, 0.05) is 18.2 Å². The molecule has 4 atom stereocenters. The van der Waals surface area contributed by atoms with Crippen LogP contribution in [0.15, 0.2) is 73.1 Å². The molecule has 3 aliphatic rings. The molecule has 14 nitrogen and oxygen atoms in total. The predicted octanol–water partition coefficient (Wildman–Crippen LogP) is 5.71. The first-order valence-electron chi connectivity index (χ1n) is 18.3. The lowest BCUT2D eigenvalue weighted by Gasteiger charge is -2.34. The molecule has 278 valence electrons. The number of carbonyl (C=O) groups excluding carboxylic acids is 4. The molecule has 5 aromatic rings. The Balaban J connectivity index is 0.940. The van der Waals surface area contributed by atoms with Gasteiger partial charge in [-0.05, 0) is 77.6 Å². The van der Waals surface area contributed by atoms with E-state index < -0.39 is 12.2 Å². The van der Waals surface area contributed by atoms with Crippen LogP contribution in [0.3, 0.4) is 0 Å². The van der Waals surface area contributed by atoms with Crippen molar-refractivity contribution in [2.45, 2.75) is 50.2 Å². The number of carbonyl (C=O) groups is 4. The van der Waals surface area contributed by atoms with Crippen LogP contribution in [0.1, 0.15) is 55.8 Å². The number of alkyl carbamates (subject to hydrolysis) is 2. The monoisotopic (exact) mass is 730 g/mol. The number of imidazole rings is 2. The molecular weight excluding hydrogens is 688 g/mol. The van der Waals surface area contributed by atoms with E-state index >= 15 is 0 Å². The Morgan fingerprint density at radius 2 is 1.31 bits per heavy atom. The maximum atomic E-state index is 13.2. The number of aromatic amines is 2. The highest BCUT2D eigenvalue weighted by molar-refractivity contribution is 5.91. The molecule has 3 fully saturated rings. The van der Waals surface area contributed by atoms with E-state index in [1.54, 1.807) is 11.1 Å². The van der Waals surface area contributed by atoms with Crippen LogP contribution in [-0.2, 0) is 19.1 Å². The molecule has 4 N–H and O–H groups in total. The summed E-state index contributed by atoms with van der Waals surface area (Å²) in [4.78, 5) is 68.9. The smallest absolute Gasteiger partial charge is 0.407 e. The topological polar surface area (TPSA) is 175 Å². The van der Waals surface area contributed by atoms with Crippen LogP contribution < -0.4 is 10.6 Å². The van der Waals surface area contributed by atoms with Crippen molar-refractivity contribution >= 4 is 34.8 Å². The molecule has 0 spiro atoms. The second kappa shape index (κ2) is 14.7. The van der Waals surface area contributed by atoms with Gasteiger partial charge in [0.1, 0.15) is 24.7 Å². The van der Waals surface area contributed by atoms with E-state index in [0.29, 0.717) is 12.5 Å². The zero-order valence-electron chi connectivity index (χ0n) is 30.1. The number of hydrogen-bond acceptors (Lipinski definition) is 8. The van der Waals surface area contributed by atoms with Crippen molar-refractivity contribution in [3.63, 3.8) is 0 Å². The number of nitrogens with one attached hydrogen (secondary N) is 4. The minimum absolute atomic E-state index is 0.104. The van der Waals surface area contributed by atoms with Crippen molar-refractivity contribution in [2.24, 2.45) is 5.92 Å². The molecule has 4 amide bonds. The number of piperidine rings is 1. The van der Waals surface area contributed by atoms with Crippen molar-refractivity contribution in [1.82, 2.24) is 40.4 Å². The molecule has 2 bridgehead atoms. The average molecular weight is 731 g/mol. The lowest BCUT2D eigenvalue weighted by atomic mass is 9.97. The number of nitrogens with zero attached hydrogens (tertiary/aromatic N) is 4. The molecule has 3 aromatic carbocycles. The normalized spacial score (nSPS) is 20.3. The molecule has 1 aliphatic carbocycles. The quantitative estimate of drug-likeness (QED) is 0.149. The lowest BCUT2D eigenvalue weighted by Crippen LogP contribution is -2.45. The SMILES string of the molecule is COC(=O)NCC(=O)N1CCC[C@H]1c1ncc(-c2ccc3cc(-c4ccc(-c5cnc([C@@H]6[C@H]7CCC(C7)N6C(=O)CNC(=O)OC)[nH]5)cc4)ccc3c2)[nH]1. The third-order valence-corrected chi connectivity index (χ3v) is 11.1. The molecule has 8 rings (SSSR count). The molecule has 2 saturated heterocycles. The zero-order chi connectivity index (χ0) is 37.3. The van der Waals surface area contributed by atoms with Crippen LogP contribution in [0.25, 0.3) is 44.4 Å². The van der Waals surface area contributed by atoms with Crippen molar-refractivity contribution in [1.29, 1.82) is 0 Å². The third kappa shape index (κ3) is 6.74. The fraction of sp³-hybridized carbons (Fsp3) is 0.350. The number of amides is 4. The summed E-state index contributed by atoms with van der Waals surface area (Å²) in [6.45, 7) is 0.383. The maximum Gasteiger partial charge on any atom is 0.407 e. The van der Waals surface area contributed by atoms with E-state index in [9.17, 15) is 19.2 Å². The van der Waals surface area contributed by atoms with Crippen LogP contribution in [0.4, 0.5) is 9.59 Å². The van der Waals surface area contributed by atoms with Gasteiger partial charge < -0.3 is 39.9 Å². The van der Waals surface area contributed by atoms with Crippen LogP contribution in [-0.4, -0.2) is 93.6 Å². The minimum atomic E-state index is -0.634. The number of methoxy groups -OCH3 is 2. The molecule has 14 heteroatoms. The van der Waals surface area contributed by atoms with Gasteiger partial charge in [-0.2, -0.15) is 0 Å². The highest BCUT2D eigenvalue weighted by Crippen LogP contribution is 2.49. The van der Waals surface area contributed by atoms with Crippen molar-refractivity contribution < 1.29 is 28.7 Å². The highest BCUT2D eigenvalue weighted by Gasteiger charge is 2.49. The van der Waals surface area contributed by atoms with Crippen LogP contribution >= 0.6 is 0 Å². The first-order valence-corrected chi connectivity index (χ1v) is 18.3. The molecule has 54 heavy (non-hydrogen) atoms. The van der Waals surface area contributed by atoms with Crippen LogP contribution in [0.5, 0.6) is 0 Å². The van der Waals surface area contributed by atoms with E-state index in [1.165, 1.54) is 14.2 Å². The minimum Gasteiger partial charge on any atom is -0.453 e. The third-order valence-electron chi connectivity index (χ3n) is 11.1. The number of likely N-dealkylation sites (tertiary alicyclic amines) is 2. The summed E-state index contributed by atoms with van der Waals surface area (Å²) < 4.78 is 9.22. The molecule has 4 heterocycles. The Kier molecular flexibility index (Phi) is 9.48. The Morgan fingerprint density at radius 3 is 2.04 bits per heavy atom. The summed E-state index contributed by atoms with van der Waals surface area (Å²) in [5.74, 6) is 1.54. The van der Waals surface area contributed by atoms with Gasteiger partial charge >= 0.3 is 12.2 Å². The van der Waals surface area contributed by atoms with E-state index in [4.69, 9.17) is 4.98 Å². The van der Waals surface area contributed by atoms with Crippen molar-refractivity contribution in [3.05, 3.63) is 84.7 Å². The Morgan fingerprint density at radius 1 is 0.722 bits per heavy atom.